The quantitative estimate of drug-likeness (QED) is 0.745. The Morgan fingerprint density at radius 1 is 1.06 bits per heavy atom. The van der Waals surface area contributed by atoms with Gasteiger partial charge in [0, 0.05) is 11.6 Å². The number of carbonyl (C=O) groups is 1. The van der Waals surface area contributed by atoms with Gasteiger partial charge >= 0.3 is 5.97 Å². The second-order valence-corrected chi connectivity index (χ2v) is 3.94. The fourth-order valence-electron chi connectivity index (χ4n) is 1.86. The molecule has 2 aromatic carbocycles. The topological polar surface area (TPSA) is 63.3 Å². The molecule has 0 unspecified atom stereocenters. The number of hydrogen-bond acceptors (Lipinski definition) is 3. The fourth-order valence-corrected chi connectivity index (χ4v) is 1.86. The largest absolute Gasteiger partial charge is 0.475 e. The van der Waals surface area contributed by atoms with Crippen molar-refractivity contribution in [1.29, 1.82) is 0 Å². The third-order valence-corrected chi connectivity index (χ3v) is 2.77. The lowest BCUT2D eigenvalue weighted by molar-refractivity contribution is 0.0652. The highest BCUT2D eigenvalue weighted by Crippen LogP contribution is 2.24. The predicted octanol–water partition coefficient (Wildman–Crippen LogP) is 3.19. The van der Waals surface area contributed by atoms with Gasteiger partial charge in [-0.3, -0.25) is 0 Å². The second kappa shape index (κ2) is 4.00. The van der Waals surface area contributed by atoms with Crippen molar-refractivity contribution < 1.29 is 14.4 Å². The lowest BCUT2D eigenvalue weighted by atomic mass is 10.1. The molecule has 0 amide bonds. The third-order valence-electron chi connectivity index (χ3n) is 2.77. The van der Waals surface area contributed by atoms with Gasteiger partial charge < -0.3 is 9.63 Å². The van der Waals surface area contributed by atoms with Gasteiger partial charge in [0.05, 0.1) is 0 Å². The second-order valence-electron chi connectivity index (χ2n) is 3.94. The van der Waals surface area contributed by atoms with E-state index in [-0.39, 0.29) is 5.76 Å². The number of nitrogens with zero attached hydrogens (tertiary/aromatic N) is 1. The van der Waals surface area contributed by atoms with Gasteiger partial charge in [-0.15, -0.1) is 0 Å². The highest BCUT2D eigenvalue weighted by atomic mass is 16.5. The van der Waals surface area contributed by atoms with Crippen molar-refractivity contribution in [3.8, 4) is 11.3 Å². The van der Waals surface area contributed by atoms with Crippen LogP contribution in [0.25, 0.3) is 22.0 Å². The Morgan fingerprint density at radius 3 is 2.56 bits per heavy atom. The Hall–Kier alpha value is -2.62. The molecule has 1 heterocycles. The average molecular weight is 239 g/mol. The van der Waals surface area contributed by atoms with E-state index < -0.39 is 5.97 Å². The van der Waals surface area contributed by atoms with Crippen LogP contribution in [0.15, 0.2) is 53.1 Å². The smallest absolute Gasteiger partial charge is 0.374 e. The molecule has 0 bridgehead atoms. The van der Waals surface area contributed by atoms with Crippen LogP contribution in [-0.2, 0) is 0 Å². The molecule has 0 radical (unpaired) electrons. The van der Waals surface area contributed by atoms with E-state index in [1.807, 2.05) is 42.5 Å². The summed E-state index contributed by atoms with van der Waals surface area (Å²) in [7, 11) is 0. The number of fused-ring (bicyclic) bond motifs is 1. The summed E-state index contributed by atoms with van der Waals surface area (Å²) in [5.41, 5.74) is 1.36. The molecule has 3 rings (SSSR count). The number of benzene rings is 2. The number of hydrogen-bond donors (Lipinski definition) is 1. The Bertz CT molecular complexity index is 730. The molecule has 0 fully saturated rings. The maximum Gasteiger partial charge on any atom is 0.374 e. The summed E-state index contributed by atoms with van der Waals surface area (Å²) in [6.45, 7) is 0. The zero-order valence-electron chi connectivity index (χ0n) is 9.33. The SMILES string of the molecule is O=C(O)c1cc(-c2ccc3ccccc3c2)no1. The zero-order chi connectivity index (χ0) is 12.5. The molecular formula is C14H9NO3. The van der Waals surface area contributed by atoms with Crippen LogP contribution < -0.4 is 0 Å². The van der Waals surface area contributed by atoms with Crippen molar-refractivity contribution in [1.82, 2.24) is 5.16 Å². The first-order valence-corrected chi connectivity index (χ1v) is 5.43. The highest BCUT2D eigenvalue weighted by Gasteiger charge is 2.12. The molecule has 88 valence electrons. The first-order chi connectivity index (χ1) is 8.74. The molecular weight excluding hydrogens is 230 g/mol. The summed E-state index contributed by atoms with van der Waals surface area (Å²) in [4.78, 5) is 10.7. The summed E-state index contributed by atoms with van der Waals surface area (Å²) < 4.78 is 4.74. The van der Waals surface area contributed by atoms with E-state index in [9.17, 15) is 4.79 Å². The minimum Gasteiger partial charge on any atom is -0.475 e. The Kier molecular flexibility index (Phi) is 2.34. The number of aromatic nitrogens is 1. The van der Waals surface area contributed by atoms with Gasteiger partial charge in [-0.25, -0.2) is 4.79 Å². The van der Waals surface area contributed by atoms with E-state index in [0.717, 1.165) is 16.3 Å². The van der Waals surface area contributed by atoms with Crippen LogP contribution in [0.2, 0.25) is 0 Å². The Morgan fingerprint density at radius 2 is 1.83 bits per heavy atom. The molecule has 0 aliphatic heterocycles. The van der Waals surface area contributed by atoms with Crippen LogP contribution in [0.3, 0.4) is 0 Å². The summed E-state index contributed by atoms with van der Waals surface area (Å²) in [6.07, 6.45) is 0. The van der Waals surface area contributed by atoms with Crippen molar-refractivity contribution in [2.45, 2.75) is 0 Å². The van der Waals surface area contributed by atoms with E-state index in [1.54, 1.807) is 0 Å². The van der Waals surface area contributed by atoms with Crippen LogP contribution in [0.4, 0.5) is 0 Å². The Balaban J connectivity index is 2.10. The Labute approximate surface area is 102 Å². The van der Waals surface area contributed by atoms with E-state index in [4.69, 9.17) is 9.63 Å². The van der Waals surface area contributed by atoms with Gasteiger partial charge in [0.1, 0.15) is 5.69 Å². The minimum atomic E-state index is -1.12. The first kappa shape index (κ1) is 10.5. The molecule has 0 spiro atoms. The molecule has 0 aliphatic rings. The van der Waals surface area contributed by atoms with Crippen molar-refractivity contribution in [2.24, 2.45) is 0 Å². The maximum absolute atomic E-state index is 10.7. The third kappa shape index (κ3) is 1.73. The molecule has 1 N–H and O–H groups in total. The standard InChI is InChI=1S/C14H9NO3/c16-14(17)13-8-12(15-18-13)11-6-5-9-3-1-2-4-10(9)7-11/h1-8H,(H,16,17). The van der Waals surface area contributed by atoms with Crippen molar-refractivity contribution in [3.05, 3.63) is 54.3 Å². The molecule has 0 saturated carbocycles. The average Bonchev–Trinajstić information content (AvgIpc) is 2.88. The van der Waals surface area contributed by atoms with Crippen LogP contribution in [0.1, 0.15) is 10.6 Å². The minimum absolute atomic E-state index is 0.154. The van der Waals surface area contributed by atoms with Crippen molar-refractivity contribution in [2.75, 3.05) is 0 Å². The van der Waals surface area contributed by atoms with Gasteiger partial charge in [0.25, 0.3) is 0 Å². The van der Waals surface area contributed by atoms with Crippen molar-refractivity contribution >= 4 is 16.7 Å². The summed E-state index contributed by atoms with van der Waals surface area (Å²) >= 11 is 0. The van der Waals surface area contributed by atoms with Gasteiger partial charge in [0.15, 0.2) is 0 Å². The summed E-state index contributed by atoms with van der Waals surface area (Å²) in [5.74, 6) is -1.27. The van der Waals surface area contributed by atoms with E-state index in [0.29, 0.717) is 5.69 Å². The maximum atomic E-state index is 10.7. The van der Waals surface area contributed by atoms with Gasteiger partial charge in [-0.05, 0) is 16.8 Å². The molecule has 0 saturated heterocycles. The number of carboxylic acid groups (broad SMARTS) is 1. The predicted molar refractivity (Wildman–Crippen MR) is 66.4 cm³/mol. The van der Waals surface area contributed by atoms with Gasteiger partial charge in [-0.1, -0.05) is 41.6 Å². The number of carboxylic acids is 1. The van der Waals surface area contributed by atoms with Crippen LogP contribution in [0, 0.1) is 0 Å². The lowest BCUT2D eigenvalue weighted by Crippen LogP contribution is -1.91. The molecule has 0 aliphatic carbocycles. The monoisotopic (exact) mass is 239 g/mol. The van der Waals surface area contributed by atoms with E-state index in [1.165, 1.54) is 6.07 Å². The molecule has 1 aromatic heterocycles. The lowest BCUT2D eigenvalue weighted by Gasteiger charge is -1.99. The van der Waals surface area contributed by atoms with Crippen LogP contribution in [-0.4, -0.2) is 16.2 Å². The number of aromatic carboxylic acids is 1. The van der Waals surface area contributed by atoms with Crippen LogP contribution in [0.5, 0.6) is 0 Å². The van der Waals surface area contributed by atoms with Gasteiger partial charge in [0.2, 0.25) is 5.76 Å². The molecule has 3 aromatic rings. The van der Waals surface area contributed by atoms with Crippen LogP contribution >= 0.6 is 0 Å². The zero-order valence-corrected chi connectivity index (χ0v) is 9.33. The summed E-state index contributed by atoms with van der Waals surface area (Å²) in [5, 5.41) is 14.7. The number of rotatable bonds is 2. The van der Waals surface area contributed by atoms with E-state index >= 15 is 0 Å². The summed E-state index contributed by atoms with van der Waals surface area (Å²) in [6, 6.07) is 15.2. The van der Waals surface area contributed by atoms with Crippen molar-refractivity contribution in [3.63, 3.8) is 0 Å². The fraction of sp³-hybridized carbons (Fsp3) is 0. The van der Waals surface area contributed by atoms with Gasteiger partial charge in [-0.2, -0.15) is 0 Å². The normalized spacial score (nSPS) is 10.7. The van der Waals surface area contributed by atoms with E-state index in [2.05, 4.69) is 5.16 Å². The highest BCUT2D eigenvalue weighted by molar-refractivity contribution is 5.88. The first-order valence-electron chi connectivity index (χ1n) is 5.43. The molecule has 0 atom stereocenters. The molecule has 4 heteroatoms. The molecule has 18 heavy (non-hydrogen) atoms. The molecule has 4 nitrogen and oxygen atoms in total.